The van der Waals surface area contributed by atoms with Crippen LogP contribution in [0, 0.1) is 5.92 Å². The number of thioether (sulfide) groups is 1. The number of thiophene rings is 1. The highest BCUT2D eigenvalue weighted by molar-refractivity contribution is 7.99. The molecule has 6 nitrogen and oxygen atoms in total. The van der Waals surface area contributed by atoms with E-state index in [-0.39, 0.29) is 5.91 Å². The van der Waals surface area contributed by atoms with Gasteiger partial charge in [0.05, 0.1) is 10.6 Å². The normalized spacial score (nSPS) is 18.6. The first-order valence-corrected chi connectivity index (χ1v) is 9.16. The van der Waals surface area contributed by atoms with Crippen LogP contribution in [0.15, 0.2) is 22.7 Å². The van der Waals surface area contributed by atoms with Crippen LogP contribution >= 0.6 is 23.1 Å². The molecule has 1 aliphatic rings. The van der Waals surface area contributed by atoms with E-state index in [1.807, 2.05) is 22.4 Å². The zero-order valence-electron chi connectivity index (χ0n) is 12.4. The van der Waals surface area contributed by atoms with Gasteiger partial charge in [-0.2, -0.15) is 0 Å². The Balaban J connectivity index is 1.61. The summed E-state index contributed by atoms with van der Waals surface area (Å²) in [6.45, 7) is 3.91. The Morgan fingerprint density at radius 3 is 3.14 bits per heavy atom. The highest BCUT2D eigenvalue weighted by Gasteiger charge is 2.22. The molecule has 1 atom stereocenters. The number of nitrogens with zero attached hydrogens (tertiary/aromatic N) is 4. The summed E-state index contributed by atoms with van der Waals surface area (Å²) in [5, 5.41) is 10.7. The van der Waals surface area contributed by atoms with E-state index in [1.165, 1.54) is 22.9 Å². The fourth-order valence-corrected chi connectivity index (χ4v) is 4.05. The lowest BCUT2D eigenvalue weighted by Gasteiger charge is -2.30. The predicted octanol–water partition coefficient (Wildman–Crippen LogP) is 2.07. The molecular weight excluding hydrogens is 318 g/mol. The molecular formula is C14H19N5OS2. The van der Waals surface area contributed by atoms with Gasteiger partial charge in [0.15, 0.2) is 5.82 Å². The molecule has 0 aromatic carbocycles. The van der Waals surface area contributed by atoms with E-state index in [1.54, 1.807) is 11.3 Å². The first kappa shape index (κ1) is 15.4. The third-order valence-electron chi connectivity index (χ3n) is 3.74. The topological polar surface area (TPSA) is 77.0 Å². The number of nitrogen functional groups attached to an aromatic ring is 1. The molecule has 1 fully saturated rings. The maximum absolute atomic E-state index is 12.3. The van der Waals surface area contributed by atoms with Crippen LogP contribution in [0.1, 0.15) is 19.8 Å². The molecule has 3 rings (SSSR count). The molecule has 0 bridgehead atoms. The first-order chi connectivity index (χ1) is 10.6. The van der Waals surface area contributed by atoms with E-state index in [4.69, 9.17) is 5.84 Å². The Morgan fingerprint density at radius 2 is 2.41 bits per heavy atom. The average molecular weight is 337 g/mol. The summed E-state index contributed by atoms with van der Waals surface area (Å²) in [6, 6.07) is 3.90. The molecule has 0 aliphatic carbocycles. The maximum atomic E-state index is 12.3. The number of hydrogen-bond acceptors (Lipinski definition) is 6. The summed E-state index contributed by atoms with van der Waals surface area (Å²) in [7, 11) is 0. The van der Waals surface area contributed by atoms with Gasteiger partial charge in [-0.15, -0.1) is 21.5 Å². The second-order valence-electron chi connectivity index (χ2n) is 5.53. The molecule has 2 N–H and O–H groups in total. The quantitative estimate of drug-likeness (QED) is 0.683. The monoisotopic (exact) mass is 337 g/mol. The lowest BCUT2D eigenvalue weighted by molar-refractivity contribution is -0.130. The predicted molar refractivity (Wildman–Crippen MR) is 89.2 cm³/mol. The third kappa shape index (κ3) is 3.27. The number of amides is 1. The van der Waals surface area contributed by atoms with Gasteiger partial charge in [0.1, 0.15) is 0 Å². The molecule has 2 aromatic rings. The summed E-state index contributed by atoms with van der Waals surface area (Å²) in [6.07, 6.45) is 2.30. The Hall–Kier alpha value is -1.54. The SMILES string of the molecule is C[C@@H]1CCCN(C(=O)CSc2nnc(-c3cccs3)n2N)C1. The molecule has 2 aromatic heterocycles. The fraction of sp³-hybridized carbons (Fsp3) is 0.500. The minimum absolute atomic E-state index is 0.150. The minimum atomic E-state index is 0.150. The molecule has 22 heavy (non-hydrogen) atoms. The molecule has 0 spiro atoms. The van der Waals surface area contributed by atoms with Gasteiger partial charge in [0, 0.05) is 13.1 Å². The van der Waals surface area contributed by atoms with Crippen molar-refractivity contribution < 1.29 is 4.79 Å². The van der Waals surface area contributed by atoms with Crippen LogP contribution in [-0.4, -0.2) is 44.5 Å². The van der Waals surface area contributed by atoms with Gasteiger partial charge in [0.2, 0.25) is 11.1 Å². The van der Waals surface area contributed by atoms with Gasteiger partial charge in [-0.3, -0.25) is 4.79 Å². The number of aromatic nitrogens is 3. The molecule has 0 radical (unpaired) electrons. The zero-order valence-corrected chi connectivity index (χ0v) is 14.1. The van der Waals surface area contributed by atoms with Crippen molar-refractivity contribution in [2.75, 3.05) is 24.7 Å². The number of rotatable bonds is 4. The smallest absolute Gasteiger partial charge is 0.233 e. The van der Waals surface area contributed by atoms with Crippen molar-refractivity contribution in [3.8, 4) is 10.7 Å². The highest BCUT2D eigenvalue weighted by atomic mass is 32.2. The Morgan fingerprint density at radius 1 is 1.55 bits per heavy atom. The van der Waals surface area contributed by atoms with Gasteiger partial charge < -0.3 is 10.7 Å². The van der Waals surface area contributed by atoms with Crippen molar-refractivity contribution in [1.82, 2.24) is 19.8 Å². The molecule has 1 saturated heterocycles. The summed E-state index contributed by atoms with van der Waals surface area (Å²) in [5.41, 5.74) is 0. The number of carbonyl (C=O) groups is 1. The van der Waals surface area contributed by atoms with E-state index in [0.717, 1.165) is 24.4 Å². The molecule has 1 aliphatic heterocycles. The van der Waals surface area contributed by atoms with Crippen LogP contribution in [-0.2, 0) is 4.79 Å². The van der Waals surface area contributed by atoms with Gasteiger partial charge in [-0.25, -0.2) is 4.68 Å². The second kappa shape index (κ2) is 6.70. The summed E-state index contributed by atoms with van der Waals surface area (Å²) >= 11 is 2.91. The summed E-state index contributed by atoms with van der Waals surface area (Å²) in [4.78, 5) is 15.2. The lowest BCUT2D eigenvalue weighted by atomic mass is 10.0. The molecule has 118 valence electrons. The van der Waals surface area contributed by atoms with E-state index in [2.05, 4.69) is 17.1 Å². The van der Waals surface area contributed by atoms with E-state index < -0.39 is 0 Å². The lowest BCUT2D eigenvalue weighted by Crippen LogP contribution is -2.40. The van der Waals surface area contributed by atoms with Crippen LogP contribution in [0.3, 0.4) is 0 Å². The number of likely N-dealkylation sites (tertiary alicyclic amines) is 1. The maximum Gasteiger partial charge on any atom is 0.233 e. The van der Waals surface area contributed by atoms with Crippen LogP contribution in [0.4, 0.5) is 0 Å². The number of nitrogens with two attached hydrogens (primary N) is 1. The fourth-order valence-electron chi connectivity index (χ4n) is 2.58. The zero-order chi connectivity index (χ0) is 15.5. The van der Waals surface area contributed by atoms with E-state index in [0.29, 0.717) is 22.7 Å². The van der Waals surface area contributed by atoms with Crippen LogP contribution in [0.25, 0.3) is 10.7 Å². The van der Waals surface area contributed by atoms with E-state index >= 15 is 0 Å². The van der Waals surface area contributed by atoms with Crippen molar-refractivity contribution in [2.24, 2.45) is 5.92 Å². The highest BCUT2D eigenvalue weighted by Crippen LogP contribution is 2.25. The third-order valence-corrected chi connectivity index (χ3v) is 5.53. The van der Waals surface area contributed by atoms with Crippen molar-refractivity contribution in [3.63, 3.8) is 0 Å². The standard InChI is InChI=1S/C14H19N5OS2/c1-10-4-2-6-18(8-10)12(20)9-22-14-17-16-13(19(14)15)11-5-3-7-21-11/h3,5,7,10H,2,4,6,8-9,15H2,1H3/t10-/m1/s1. The molecule has 1 amide bonds. The minimum Gasteiger partial charge on any atom is -0.342 e. The second-order valence-corrected chi connectivity index (χ2v) is 7.42. The summed E-state index contributed by atoms with van der Waals surface area (Å²) in [5.74, 6) is 7.76. The van der Waals surface area contributed by atoms with Gasteiger partial charge in [-0.1, -0.05) is 24.8 Å². The number of hydrogen-bond donors (Lipinski definition) is 1. The van der Waals surface area contributed by atoms with Crippen molar-refractivity contribution in [3.05, 3.63) is 17.5 Å². The van der Waals surface area contributed by atoms with Crippen LogP contribution in [0.2, 0.25) is 0 Å². The Labute approximate surface area is 137 Å². The van der Waals surface area contributed by atoms with Crippen molar-refractivity contribution in [2.45, 2.75) is 24.9 Å². The molecule has 3 heterocycles. The van der Waals surface area contributed by atoms with Gasteiger partial charge in [0.25, 0.3) is 0 Å². The average Bonchev–Trinajstić information content (AvgIpc) is 3.14. The Bertz CT molecular complexity index is 640. The van der Waals surface area contributed by atoms with Crippen molar-refractivity contribution >= 4 is 29.0 Å². The summed E-state index contributed by atoms with van der Waals surface area (Å²) < 4.78 is 1.46. The first-order valence-electron chi connectivity index (χ1n) is 7.30. The number of carbonyl (C=O) groups excluding carboxylic acids is 1. The van der Waals surface area contributed by atoms with Crippen LogP contribution in [0.5, 0.6) is 0 Å². The van der Waals surface area contributed by atoms with Gasteiger partial charge >= 0.3 is 0 Å². The van der Waals surface area contributed by atoms with E-state index in [9.17, 15) is 4.79 Å². The molecule has 0 saturated carbocycles. The Kier molecular flexibility index (Phi) is 4.68. The number of piperidine rings is 1. The largest absolute Gasteiger partial charge is 0.342 e. The van der Waals surface area contributed by atoms with Crippen LogP contribution < -0.4 is 5.84 Å². The molecule has 8 heteroatoms. The molecule has 0 unspecified atom stereocenters. The van der Waals surface area contributed by atoms with Crippen molar-refractivity contribution in [1.29, 1.82) is 0 Å². The van der Waals surface area contributed by atoms with Gasteiger partial charge in [-0.05, 0) is 30.2 Å².